The van der Waals surface area contributed by atoms with Crippen molar-refractivity contribution in [3.8, 4) is 0 Å². The fraction of sp³-hybridized carbons (Fsp3) is 0.667. The summed E-state index contributed by atoms with van der Waals surface area (Å²) >= 11 is 0. The topological polar surface area (TPSA) is 81.3 Å². The number of amides is 2. The number of anilines is 1. The molecule has 2 amide bonds. The Balaban J connectivity index is 1.47. The van der Waals surface area contributed by atoms with Crippen molar-refractivity contribution in [3.05, 3.63) is 23.9 Å². The van der Waals surface area contributed by atoms with Gasteiger partial charge in [0.25, 0.3) is 0 Å². The van der Waals surface area contributed by atoms with Gasteiger partial charge in [0.05, 0.1) is 6.04 Å². The average Bonchev–Trinajstić information content (AvgIpc) is 2.85. The Kier molecular flexibility index (Phi) is 6.09. The van der Waals surface area contributed by atoms with E-state index >= 15 is 0 Å². The number of carbonyl (C=O) groups excluding carboxylic acids is 1. The molecule has 2 aliphatic rings. The molecule has 2 aliphatic heterocycles. The van der Waals surface area contributed by atoms with Crippen molar-refractivity contribution in [1.82, 2.24) is 26.5 Å². The van der Waals surface area contributed by atoms with Crippen molar-refractivity contribution >= 4 is 11.8 Å². The minimum atomic E-state index is -0.147. The summed E-state index contributed by atoms with van der Waals surface area (Å²) in [6, 6.07) is 4.45. The summed E-state index contributed by atoms with van der Waals surface area (Å²) < 4.78 is 0. The second-order valence-corrected chi connectivity index (χ2v) is 7.14. The third-order valence-electron chi connectivity index (χ3n) is 5.11. The molecule has 0 aromatic carbocycles. The number of hydrazine groups is 1. The van der Waals surface area contributed by atoms with Crippen molar-refractivity contribution < 1.29 is 4.79 Å². The number of nitrogens with zero attached hydrogens (tertiary/aromatic N) is 2. The molecule has 2 unspecified atom stereocenters. The van der Waals surface area contributed by atoms with E-state index in [-0.39, 0.29) is 24.2 Å². The van der Waals surface area contributed by atoms with E-state index in [1.54, 1.807) is 0 Å². The zero-order chi connectivity index (χ0) is 17.6. The van der Waals surface area contributed by atoms with Gasteiger partial charge in [-0.2, -0.15) is 0 Å². The lowest BCUT2D eigenvalue weighted by molar-refractivity contribution is 0.234. The molecule has 2 atom stereocenters. The average molecular weight is 346 g/mol. The van der Waals surface area contributed by atoms with Crippen molar-refractivity contribution in [3.63, 3.8) is 0 Å². The van der Waals surface area contributed by atoms with Crippen LogP contribution in [0.2, 0.25) is 0 Å². The van der Waals surface area contributed by atoms with Crippen molar-refractivity contribution in [2.24, 2.45) is 0 Å². The van der Waals surface area contributed by atoms with Crippen LogP contribution < -0.4 is 26.4 Å². The van der Waals surface area contributed by atoms with Gasteiger partial charge in [-0.25, -0.2) is 9.78 Å². The van der Waals surface area contributed by atoms with Crippen LogP contribution in [0.15, 0.2) is 18.3 Å². The third-order valence-corrected chi connectivity index (χ3v) is 5.11. The molecule has 3 heterocycles. The van der Waals surface area contributed by atoms with Crippen LogP contribution >= 0.6 is 0 Å². The Morgan fingerprint density at radius 3 is 2.44 bits per heavy atom. The summed E-state index contributed by atoms with van der Waals surface area (Å²) in [7, 11) is 0. The number of hydrogen-bond acceptors (Lipinski definition) is 5. The Morgan fingerprint density at radius 1 is 1.16 bits per heavy atom. The quantitative estimate of drug-likeness (QED) is 0.665. The van der Waals surface area contributed by atoms with Crippen molar-refractivity contribution in [2.75, 3.05) is 18.0 Å². The molecule has 138 valence electrons. The molecule has 7 nitrogen and oxygen atoms in total. The van der Waals surface area contributed by atoms with Crippen LogP contribution in [0.3, 0.4) is 0 Å². The molecule has 1 aromatic rings. The zero-order valence-corrected chi connectivity index (χ0v) is 15.2. The van der Waals surface area contributed by atoms with E-state index in [9.17, 15) is 4.79 Å². The molecule has 0 spiro atoms. The van der Waals surface area contributed by atoms with Crippen LogP contribution in [-0.4, -0.2) is 42.2 Å². The van der Waals surface area contributed by atoms with Gasteiger partial charge in [-0.15, -0.1) is 0 Å². The van der Waals surface area contributed by atoms with Crippen LogP contribution in [0.25, 0.3) is 0 Å². The Morgan fingerprint density at radius 2 is 1.84 bits per heavy atom. The molecule has 0 saturated carbocycles. The largest absolute Gasteiger partial charge is 0.357 e. The molecular weight excluding hydrogens is 316 g/mol. The summed E-state index contributed by atoms with van der Waals surface area (Å²) in [5.74, 6) is 1.04. The maximum Gasteiger partial charge on any atom is 0.315 e. The number of urea groups is 1. The van der Waals surface area contributed by atoms with Gasteiger partial charge in [0.2, 0.25) is 0 Å². The Labute approximate surface area is 149 Å². The van der Waals surface area contributed by atoms with E-state index in [0.29, 0.717) is 6.54 Å². The van der Waals surface area contributed by atoms with Gasteiger partial charge in [-0.1, -0.05) is 18.9 Å². The third kappa shape index (κ3) is 4.83. The fourth-order valence-electron chi connectivity index (χ4n) is 3.52. The minimum Gasteiger partial charge on any atom is -0.357 e. The van der Waals surface area contributed by atoms with Crippen molar-refractivity contribution in [1.29, 1.82) is 0 Å². The number of carbonyl (C=O) groups is 1. The second-order valence-electron chi connectivity index (χ2n) is 7.14. The first-order chi connectivity index (χ1) is 12.1. The van der Waals surface area contributed by atoms with Gasteiger partial charge < -0.3 is 15.5 Å². The highest BCUT2D eigenvalue weighted by Gasteiger charge is 2.30. The molecule has 7 heteroatoms. The Bertz CT molecular complexity index is 545. The molecular formula is C18H30N6O. The molecule has 0 radical (unpaired) electrons. The van der Waals surface area contributed by atoms with Gasteiger partial charge >= 0.3 is 6.03 Å². The fourth-order valence-corrected chi connectivity index (χ4v) is 3.52. The summed E-state index contributed by atoms with van der Waals surface area (Å²) in [5, 5.41) is 5.93. The molecule has 1 aromatic heterocycles. The van der Waals surface area contributed by atoms with Crippen LogP contribution in [0.4, 0.5) is 10.6 Å². The minimum absolute atomic E-state index is 0.0727. The van der Waals surface area contributed by atoms with Gasteiger partial charge in [-0.05, 0) is 38.3 Å². The first-order valence-corrected chi connectivity index (χ1v) is 9.39. The molecule has 2 fully saturated rings. The van der Waals surface area contributed by atoms with Crippen molar-refractivity contribution in [2.45, 2.75) is 64.2 Å². The van der Waals surface area contributed by atoms with Gasteiger partial charge in [-0.3, -0.25) is 10.9 Å². The smallest absolute Gasteiger partial charge is 0.315 e. The van der Waals surface area contributed by atoms with E-state index in [4.69, 9.17) is 0 Å². The Hall–Kier alpha value is -1.86. The van der Waals surface area contributed by atoms with Gasteiger partial charge in [0.15, 0.2) is 0 Å². The summed E-state index contributed by atoms with van der Waals surface area (Å²) in [4.78, 5) is 19.1. The first kappa shape index (κ1) is 17.9. The lowest BCUT2D eigenvalue weighted by atomic mass is 10.1. The number of aromatic nitrogens is 1. The lowest BCUT2D eigenvalue weighted by Gasteiger charge is -2.21. The van der Waals surface area contributed by atoms with E-state index in [1.807, 2.05) is 20.0 Å². The first-order valence-electron chi connectivity index (χ1n) is 9.39. The van der Waals surface area contributed by atoms with Gasteiger partial charge in [0.1, 0.15) is 5.82 Å². The normalized spacial score (nSPS) is 27.0. The number of nitrogens with one attached hydrogen (secondary N) is 4. The highest BCUT2D eigenvalue weighted by molar-refractivity contribution is 5.74. The molecule has 25 heavy (non-hydrogen) atoms. The number of pyridine rings is 1. The maximum absolute atomic E-state index is 12.1. The summed E-state index contributed by atoms with van der Waals surface area (Å²) in [6.45, 7) is 6.76. The maximum atomic E-state index is 12.1. The molecule has 0 bridgehead atoms. The van der Waals surface area contributed by atoms with Crippen LogP contribution in [0.5, 0.6) is 0 Å². The lowest BCUT2D eigenvalue weighted by Crippen LogP contribution is -2.49. The second kappa shape index (κ2) is 8.49. The predicted molar refractivity (Wildman–Crippen MR) is 99.3 cm³/mol. The van der Waals surface area contributed by atoms with Crippen LogP contribution in [-0.2, 0) is 6.54 Å². The highest BCUT2D eigenvalue weighted by Crippen LogP contribution is 2.17. The zero-order valence-electron chi connectivity index (χ0n) is 15.2. The van der Waals surface area contributed by atoms with E-state index in [0.717, 1.165) is 24.5 Å². The predicted octanol–water partition coefficient (Wildman–Crippen LogP) is 1.51. The highest BCUT2D eigenvalue weighted by atomic mass is 16.2. The molecule has 0 aliphatic carbocycles. The van der Waals surface area contributed by atoms with Gasteiger partial charge in [0, 0.05) is 37.9 Å². The monoisotopic (exact) mass is 346 g/mol. The molecule has 2 saturated heterocycles. The summed E-state index contributed by atoms with van der Waals surface area (Å²) in [6.07, 6.45) is 6.98. The number of hydrogen-bond donors (Lipinski definition) is 4. The standard InChI is InChI=1S/C18H30N6O/c1-13-17(14(2)23-22-13)21-18(25)20-12-15-7-8-16(19-11-15)24-9-5-3-4-6-10-24/h7-8,11,13-14,17,22-23H,3-6,9-10,12H2,1-2H3,(H2,20,21,25). The van der Waals surface area contributed by atoms with Crippen LogP contribution in [0, 0.1) is 0 Å². The summed E-state index contributed by atoms with van der Waals surface area (Å²) in [5.41, 5.74) is 7.28. The number of rotatable bonds is 4. The van der Waals surface area contributed by atoms with Crippen LogP contribution in [0.1, 0.15) is 45.1 Å². The van der Waals surface area contributed by atoms with E-state index in [2.05, 4.69) is 43.5 Å². The van der Waals surface area contributed by atoms with E-state index < -0.39 is 0 Å². The molecule has 4 N–H and O–H groups in total. The van der Waals surface area contributed by atoms with E-state index in [1.165, 1.54) is 25.7 Å². The molecule has 3 rings (SSSR count). The SMILES string of the molecule is CC1NNC(C)C1NC(=O)NCc1ccc(N2CCCCCC2)nc1.